The third-order valence-electron chi connectivity index (χ3n) is 5.36. The summed E-state index contributed by atoms with van der Waals surface area (Å²) in [6.45, 7) is 3.10. The molecule has 0 aliphatic heterocycles. The lowest BCUT2D eigenvalue weighted by Crippen LogP contribution is -2.36. The van der Waals surface area contributed by atoms with Crippen LogP contribution in [0.5, 0.6) is 0 Å². The number of nitrogens with zero attached hydrogens (tertiary/aromatic N) is 3. The molecule has 3 aromatic rings. The van der Waals surface area contributed by atoms with Crippen molar-refractivity contribution in [2.24, 2.45) is 0 Å². The minimum atomic E-state index is -0.0153. The summed E-state index contributed by atoms with van der Waals surface area (Å²) in [5.41, 5.74) is 3.16. The van der Waals surface area contributed by atoms with Crippen molar-refractivity contribution in [1.29, 1.82) is 0 Å². The number of hydrogen-bond donors (Lipinski definition) is 1. The van der Waals surface area contributed by atoms with E-state index < -0.39 is 0 Å². The second-order valence-electron chi connectivity index (χ2n) is 7.15. The normalized spacial score (nSPS) is 19.9. The molecular weight excluding hydrogens is 356 g/mol. The Hall–Kier alpha value is -2.31. The summed E-state index contributed by atoms with van der Waals surface area (Å²) in [5.74, 6) is 0. The maximum atomic E-state index is 12.4. The number of aryl methyl sites for hydroxylation is 1. The highest BCUT2D eigenvalue weighted by molar-refractivity contribution is 7.10. The van der Waals surface area contributed by atoms with E-state index in [4.69, 9.17) is 0 Å². The van der Waals surface area contributed by atoms with E-state index in [2.05, 4.69) is 33.8 Å². The molecule has 6 heteroatoms. The van der Waals surface area contributed by atoms with Gasteiger partial charge in [-0.25, -0.2) is 4.68 Å². The largest absolute Gasteiger partial charge is 0.309 e. The van der Waals surface area contributed by atoms with Crippen molar-refractivity contribution in [1.82, 2.24) is 20.1 Å². The molecular formula is C21H24N4OS. The van der Waals surface area contributed by atoms with Crippen molar-refractivity contribution in [3.05, 3.63) is 68.9 Å². The molecule has 1 aliphatic rings. The van der Waals surface area contributed by atoms with Crippen LogP contribution in [0.1, 0.15) is 42.2 Å². The van der Waals surface area contributed by atoms with Crippen LogP contribution in [0.4, 0.5) is 0 Å². The van der Waals surface area contributed by atoms with Crippen LogP contribution in [0.25, 0.3) is 11.3 Å². The van der Waals surface area contributed by atoms with Crippen molar-refractivity contribution in [2.75, 3.05) is 0 Å². The lowest BCUT2D eigenvalue weighted by atomic mass is 9.91. The summed E-state index contributed by atoms with van der Waals surface area (Å²) in [6.07, 6.45) is 7.60. The third kappa shape index (κ3) is 4.17. The molecule has 140 valence electrons. The SMILES string of the molecule is Cc1ccsc1CNC1CCC(n2nc(-c3ccncc3)ccc2=O)CC1. The minimum absolute atomic E-state index is 0.0153. The van der Waals surface area contributed by atoms with Crippen LogP contribution in [0.15, 0.2) is 52.9 Å². The summed E-state index contributed by atoms with van der Waals surface area (Å²) in [6, 6.07) is 10.1. The summed E-state index contributed by atoms with van der Waals surface area (Å²) in [5, 5.41) is 10.5. The van der Waals surface area contributed by atoms with Gasteiger partial charge in [0.15, 0.2) is 0 Å². The molecule has 1 aliphatic carbocycles. The number of rotatable bonds is 5. The van der Waals surface area contributed by atoms with Crippen LogP contribution in [0.2, 0.25) is 0 Å². The van der Waals surface area contributed by atoms with Gasteiger partial charge in [-0.1, -0.05) is 0 Å². The van der Waals surface area contributed by atoms with Gasteiger partial charge in [-0.3, -0.25) is 9.78 Å². The third-order valence-corrected chi connectivity index (χ3v) is 6.39. The van der Waals surface area contributed by atoms with Crippen molar-refractivity contribution >= 4 is 11.3 Å². The van der Waals surface area contributed by atoms with E-state index in [1.165, 1.54) is 10.4 Å². The van der Waals surface area contributed by atoms with E-state index in [1.54, 1.807) is 29.2 Å². The molecule has 27 heavy (non-hydrogen) atoms. The molecule has 3 heterocycles. The molecule has 0 aromatic carbocycles. The van der Waals surface area contributed by atoms with Crippen LogP contribution in [0, 0.1) is 6.92 Å². The molecule has 4 rings (SSSR count). The Bertz CT molecular complexity index is 942. The number of pyridine rings is 1. The van der Waals surface area contributed by atoms with Gasteiger partial charge < -0.3 is 5.32 Å². The van der Waals surface area contributed by atoms with Crippen LogP contribution in [-0.2, 0) is 6.54 Å². The maximum absolute atomic E-state index is 12.4. The standard InChI is InChI=1S/C21H24N4OS/c1-15-10-13-27-20(15)14-23-17-2-4-18(5-3-17)25-21(26)7-6-19(24-25)16-8-11-22-12-9-16/h6-13,17-18,23H,2-5,14H2,1H3. The monoisotopic (exact) mass is 380 g/mol. The van der Waals surface area contributed by atoms with Crippen molar-refractivity contribution in [3.8, 4) is 11.3 Å². The second-order valence-corrected chi connectivity index (χ2v) is 8.15. The molecule has 3 aromatic heterocycles. The van der Waals surface area contributed by atoms with E-state index >= 15 is 0 Å². The topological polar surface area (TPSA) is 59.8 Å². The van der Waals surface area contributed by atoms with Gasteiger partial charge in [-0.2, -0.15) is 5.10 Å². The highest BCUT2D eigenvalue weighted by atomic mass is 32.1. The first kappa shape index (κ1) is 18.1. The summed E-state index contributed by atoms with van der Waals surface area (Å²) in [7, 11) is 0. The fraction of sp³-hybridized carbons (Fsp3) is 0.381. The number of hydrogen-bond acceptors (Lipinski definition) is 5. The molecule has 0 radical (unpaired) electrons. The van der Waals surface area contributed by atoms with Gasteiger partial charge in [0.1, 0.15) is 0 Å². The average Bonchev–Trinajstić information content (AvgIpc) is 3.13. The van der Waals surface area contributed by atoms with E-state index in [0.717, 1.165) is 43.5 Å². The Kier molecular flexibility index (Phi) is 5.45. The quantitative estimate of drug-likeness (QED) is 0.728. The zero-order chi connectivity index (χ0) is 18.6. The predicted octanol–water partition coefficient (Wildman–Crippen LogP) is 3.95. The molecule has 0 bridgehead atoms. The zero-order valence-electron chi connectivity index (χ0n) is 15.5. The predicted molar refractivity (Wildman–Crippen MR) is 109 cm³/mol. The Morgan fingerprint density at radius 3 is 2.59 bits per heavy atom. The fourth-order valence-corrected chi connectivity index (χ4v) is 4.57. The van der Waals surface area contributed by atoms with Gasteiger partial charge in [-0.15, -0.1) is 11.3 Å². The van der Waals surface area contributed by atoms with Crippen molar-refractivity contribution in [2.45, 2.75) is 51.2 Å². The number of thiophene rings is 1. The maximum Gasteiger partial charge on any atom is 0.267 e. The van der Waals surface area contributed by atoms with Crippen LogP contribution in [-0.4, -0.2) is 20.8 Å². The smallest absolute Gasteiger partial charge is 0.267 e. The van der Waals surface area contributed by atoms with Crippen LogP contribution >= 0.6 is 11.3 Å². The lowest BCUT2D eigenvalue weighted by molar-refractivity contribution is 0.269. The molecule has 0 atom stereocenters. The first-order chi connectivity index (χ1) is 13.2. The summed E-state index contributed by atoms with van der Waals surface area (Å²) in [4.78, 5) is 17.8. The highest BCUT2D eigenvalue weighted by Crippen LogP contribution is 2.28. The van der Waals surface area contributed by atoms with Gasteiger partial charge >= 0.3 is 0 Å². The van der Waals surface area contributed by atoms with Gasteiger partial charge in [-0.05, 0) is 67.8 Å². The van der Waals surface area contributed by atoms with Crippen LogP contribution < -0.4 is 10.9 Å². The Balaban J connectivity index is 1.41. The number of aromatic nitrogens is 3. The second kappa shape index (κ2) is 8.15. The molecule has 1 saturated carbocycles. The fourth-order valence-electron chi connectivity index (χ4n) is 3.71. The summed E-state index contributed by atoms with van der Waals surface area (Å²) < 4.78 is 1.69. The van der Waals surface area contributed by atoms with E-state index in [-0.39, 0.29) is 11.6 Å². The molecule has 1 N–H and O–H groups in total. The molecule has 1 fully saturated rings. The Morgan fingerprint density at radius 1 is 1.11 bits per heavy atom. The molecule has 5 nitrogen and oxygen atoms in total. The summed E-state index contributed by atoms with van der Waals surface area (Å²) >= 11 is 1.81. The average molecular weight is 381 g/mol. The molecule has 0 amide bonds. The van der Waals surface area contributed by atoms with E-state index in [0.29, 0.717) is 6.04 Å². The minimum Gasteiger partial charge on any atom is -0.309 e. The van der Waals surface area contributed by atoms with Gasteiger partial charge in [0.2, 0.25) is 0 Å². The van der Waals surface area contributed by atoms with Gasteiger partial charge in [0, 0.05) is 41.5 Å². The van der Waals surface area contributed by atoms with E-state index in [9.17, 15) is 4.79 Å². The zero-order valence-corrected chi connectivity index (χ0v) is 16.3. The van der Waals surface area contributed by atoms with Crippen LogP contribution in [0.3, 0.4) is 0 Å². The first-order valence-electron chi connectivity index (χ1n) is 9.47. The Labute approximate surface area is 163 Å². The lowest BCUT2D eigenvalue weighted by Gasteiger charge is -2.29. The van der Waals surface area contributed by atoms with Crippen molar-refractivity contribution < 1.29 is 0 Å². The molecule has 0 unspecified atom stereocenters. The number of nitrogens with one attached hydrogen (secondary N) is 1. The van der Waals surface area contributed by atoms with E-state index in [1.807, 2.05) is 23.5 Å². The molecule has 0 saturated heterocycles. The first-order valence-corrected chi connectivity index (χ1v) is 10.4. The van der Waals surface area contributed by atoms with Gasteiger partial charge in [0.25, 0.3) is 5.56 Å². The highest BCUT2D eigenvalue weighted by Gasteiger charge is 2.24. The molecule has 0 spiro atoms. The van der Waals surface area contributed by atoms with Crippen molar-refractivity contribution in [3.63, 3.8) is 0 Å². The van der Waals surface area contributed by atoms with Gasteiger partial charge in [0.05, 0.1) is 11.7 Å². The Morgan fingerprint density at radius 2 is 1.89 bits per heavy atom.